The molecule has 1 N–H and O–H groups in total. The first kappa shape index (κ1) is 18.6. The summed E-state index contributed by atoms with van der Waals surface area (Å²) >= 11 is 11.9. The molecule has 0 aromatic heterocycles. The van der Waals surface area contributed by atoms with Gasteiger partial charge in [0.2, 0.25) is 0 Å². The van der Waals surface area contributed by atoms with Gasteiger partial charge < -0.3 is 10.1 Å². The molecule has 1 atom stereocenters. The maximum absolute atomic E-state index is 12.2. The minimum absolute atomic E-state index is 0.234. The molecule has 0 fully saturated rings. The van der Waals surface area contributed by atoms with E-state index in [1.165, 1.54) is 18.4 Å². The zero-order valence-corrected chi connectivity index (χ0v) is 15.3. The number of nitrogens with one attached hydrogen (secondary N) is 1. The maximum Gasteiger partial charge on any atom is 0.265 e. The van der Waals surface area contributed by atoms with Gasteiger partial charge in [-0.25, -0.2) is 0 Å². The van der Waals surface area contributed by atoms with Gasteiger partial charge in [0, 0.05) is 10.7 Å². The second kappa shape index (κ2) is 8.95. The van der Waals surface area contributed by atoms with Crippen LogP contribution in [0.3, 0.4) is 0 Å². The van der Waals surface area contributed by atoms with Crippen LogP contribution < -0.4 is 10.1 Å². The first-order valence-corrected chi connectivity index (χ1v) is 8.76. The molecule has 2 rings (SSSR count). The van der Waals surface area contributed by atoms with Gasteiger partial charge in [0.1, 0.15) is 5.75 Å². The van der Waals surface area contributed by atoms with Crippen molar-refractivity contribution in [2.75, 3.05) is 5.32 Å². The standard InChI is InChI=1S/C19H21Cl2NO2/c1-3-4-5-14-6-9-16(10-7-14)22-19(23)13(2)24-18-11-8-15(20)12-17(18)21/h6-13H,3-5H2,1-2H3,(H,22,23)/t13-/m1/s1. The topological polar surface area (TPSA) is 38.3 Å². The zero-order chi connectivity index (χ0) is 17.5. The number of carbonyl (C=O) groups excluding carboxylic acids is 1. The fourth-order valence-electron chi connectivity index (χ4n) is 2.19. The average molecular weight is 366 g/mol. The first-order chi connectivity index (χ1) is 11.5. The molecule has 0 unspecified atom stereocenters. The maximum atomic E-state index is 12.2. The van der Waals surface area contributed by atoms with Crippen molar-refractivity contribution in [3.63, 3.8) is 0 Å². The summed E-state index contributed by atoms with van der Waals surface area (Å²) < 4.78 is 5.61. The van der Waals surface area contributed by atoms with Gasteiger partial charge >= 0.3 is 0 Å². The number of benzene rings is 2. The van der Waals surface area contributed by atoms with Crippen LogP contribution in [0.5, 0.6) is 5.75 Å². The molecule has 1 amide bonds. The Morgan fingerprint density at radius 3 is 2.50 bits per heavy atom. The summed E-state index contributed by atoms with van der Waals surface area (Å²) in [6.45, 7) is 3.85. The molecule has 24 heavy (non-hydrogen) atoms. The molecular formula is C19H21Cl2NO2. The van der Waals surface area contributed by atoms with E-state index in [9.17, 15) is 4.79 Å². The molecule has 5 heteroatoms. The molecule has 0 spiro atoms. The lowest BCUT2D eigenvalue weighted by Crippen LogP contribution is -2.30. The van der Waals surface area contributed by atoms with E-state index < -0.39 is 6.10 Å². The molecule has 3 nitrogen and oxygen atoms in total. The van der Waals surface area contributed by atoms with E-state index in [1.54, 1.807) is 25.1 Å². The summed E-state index contributed by atoms with van der Waals surface area (Å²) in [5.41, 5.74) is 2.02. The Hall–Kier alpha value is -1.71. The van der Waals surface area contributed by atoms with Crippen LogP contribution >= 0.6 is 23.2 Å². The molecule has 0 aliphatic carbocycles. The third kappa shape index (κ3) is 5.43. The van der Waals surface area contributed by atoms with E-state index in [4.69, 9.17) is 27.9 Å². The molecular weight excluding hydrogens is 345 g/mol. The van der Waals surface area contributed by atoms with Crippen molar-refractivity contribution in [3.05, 3.63) is 58.1 Å². The Labute approximate surface area is 152 Å². The van der Waals surface area contributed by atoms with E-state index >= 15 is 0 Å². The molecule has 0 heterocycles. The highest BCUT2D eigenvalue weighted by Crippen LogP contribution is 2.28. The van der Waals surface area contributed by atoms with Crippen LogP contribution in [0.25, 0.3) is 0 Å². The quantitative estimate of drug-likeness (QED) is 0.678. The summed E-state index contributed by atoms with van der Waals surface area (Å²) in [4.78, 5) is 12.2. The number of amides is 1. The average Bonchev–Trinajstić information content (AvgIpc) is 2.56. The minimum Gasteiger partial charge on any atom is -0.479 e. The molecule has 0 aliphatic rings. The predicted octanol–water partition coefficient (Wildman–Crippen LogP) is 5.74. The largest absolute Gasteiger partial charge is 0.479 e. The van der Waals surface area contributed by atoms with Gasteiger partial charge in [0.15, 0.2) is 6.10 Å². The molecule has 0 saturated heterocycles. The summed E-state index contributed by atoms with van der Waals surface area (Å²) in [6, 6.07) is 12.8. The highest BCUT2D eigenvalue weighted by molar-refractivity contribution is 6.35. The van der Waals surface area contributed by atoms with Crippen LogP contribution in [0.15, 0.2) is 42.5 Å². The van der Waals surface area contributed by atoms with E-state index in [2.05, 4.69) is 12.2 Å². The van der Waals surface area contributed by atoms with E-state index in [0.29, 0.717) is 15.8 Å². The van der Waals surface area contributed by atoms with Crippen LogP contribution in [0.1, 0.15) is 32.3 Å². The molecule has 0 saturated carbocycles. The molecule has 0 bridgehead atoms. The van der Waals surface area contributed by atoms with Crippen molar-refractivity contribution in [3.8, 4) is 5.75 Å². The van der Waals surface area contributed by atoms with Gasteiger partial charge in [0.25, 0.3) is 5.91 Å². The van der Waals surface area contributed by atoms with Crippen molar-refractivity contribution in [2.45, 2.75) is 39.2 Å². The number of hydrogen-bond donors (Lipinski definition) is 1. The van der Waals surface area contributed by atoms with Crippen LogP contribution in [0.2, 0.25) is 10.0 Å². The minimum atomic E-state index is -0.677. The number of aryl methyl sites for hydroxylation is 1. The van der Waals surface area contributed by atoms with Crippen LogP contribution in [-0.2, 0) is 11.2 Å². The lowest BCUT2D eigenvalue weighted by Gasteiger charge is -2.16. The van der Waals surface area contributed by atoms with Gasteiger partial charge in [-0.15, -0.1) is 0 Å². The van der Waals surface area contributed by atoms with Crippen LogP contribution in [-0.4, -0.2) is 12.0 Å². The lowest BCUT2D eigenvalue weighted by molar-refractivity contribution is -0.122. The van der Waals surface area contributed by atoms with Crippen molar-refractivity contribution < 1.29 is 9.53 Å². The number of ether oxygens (including phenoxy) is 1. The Morgan fingerprint density at radius 1 is 1.17 bits per heavy atom. The summed E-state index contributed by atoms with van der Waals surface area (Å²) in [5, 5.41) is 3.74. The fraction of sp³-hybridized carbons (Fsp3) is 0.316. The second-order valence-electron chi connectivity index (χ2n) is 5.62. The predicted molar refractivity (Wildman–Crippen MR) is 100 cm³/mol. The van der Waals surface area contributed by atoms with E-state index in [1.807, 2.05) is 24.3 Å². The third-order valence-corrected chi connectivity index (χ3v) is 4.14. The smallest absolute Gasteiger partial charge is 0.265 e. The number of carbonyl (C=O) groups is 1. The number of unbranched alkanes of at least 4 members (excludes halogenated alkanes) is 1. The molecule has 0 radical (unpaired) electrons. The monoisotopic (exact) mass is 365 g/mol. The Bertz CT molecular complexity index is 686. The SMILES string of the molecule is CCCCc1ccc(NC(=O)[C@@H](C)Oc2ccc(Cl)cc2Cl)cc1. The zero-order valence-electron chi connectivity index (χ0n) is 13.8. The molecule has 0 aliphatic heterocycles. The molecule has 128 valence electrons. The van der Waals surface area contributed by atoms with Crippen molar-refractivity contribution >= 4 is 34.8 Å². The Balaban J connectivity index is 1.93. The summed E-state index contributed by atoms with van der Waals surface area (Å²) in [7, 11) is 0. The van der Waals surface area contributed by atoms with Gasteiger partial charge in [-0.3, -0.25) is 4.79 Å². The first-order valence-electron chi connectivity index (χ1n) is 8.01. The van der Waals surface area contributed by atoms with Crippen molar-refractivity contribution in [2.24, 2.45) is 0 Å². The summed E-state index contributed by atoms with van der Waals surface area (Å²) in [6.07, 6.45) is 2.71. The van der Waals surface area contributed by atoms with Gasteiger partial charge in [-0.05, 0) is 55.7 Å². The molecule has 2 aromatic carbocycles. The number of halogens is 2. The number of rotatable bonds is 7. The lowest BCUT2D eigenvalue weighted by atomic mass is 10.1. The van der Waals surface area contributed by atoms with E-state index in [-0.39, 0.29) is 5.91 Å². The highest BCUT2D eigenvalue weighted by Gasteiger charge is 2.16. The Kier molecular flexibility index (Phi) is 6.95. The van der Waals surface area contributed by atoms with Gasteiger partial charge in [-0.2, -0.15) is 0 Å². The molecule has 2 aromatic rings. The van der Waals surface area contributed by atoms with Crippen LogP contribution in [0, 0.1) is 0 Å². The van der Waals surface area contributed by atoms with Crippen molar-refractivity contribution in [1.82, 2.24) is 0 Å². The number of hydrogen-bond acceptors (Lipinski definition) is 2. The van der Waals surface area contributed by atoms with Crippen LogP contribution in [0.4, 0.5) is 5.69 Å². The summed E-state index contributed by atoms with van der Waals surface area (Å²) in [5.74, 6) is 0.195. The van der Waals surface area contributed by atoms with Crippen molar-refractivity contribution in [1.29, 1.82) is 0 Å². The fourth-order valence-corrected chi connectivity index (χ4v) is 2.65. The highest BCUT2D eigenvalue weighted by atomic mass is 35.5. The Morgan fingerprint density at radius 2 is 1.88 bits per heavy atom. The third-order valence-electron chi connectivity index (χ3n) is 3.61. The van der Waals surface area contributed by atoms with E-state index in [0.717, 1.165) is 12.1 Å². The van der Waals surface area contributed by atoms with Gasteiger partial charge in [-0.1, -0.05) is 48.7 Å². The second-order valence-corrected chi connectivity index (χ2v) is 6.47. The number of anilines is 1. The normalized spacial score (nSPS) is 11.8. The van der Waals surface area contributed by atoms with Gasteiger partial charge in [0.05, 0.1) is 5.02 Å².